The Hall–Kier alpha value is -1.06. The number of hydrogen-bond donors (Lipinski definition) is 1. The molecule has 0 spiro atoms. The van der Waals surface area contributed by atoms with Gasteiger partial charge in [-0.2, -0.15) is 0 Å². The molecule has 0 saturated heterocycles. The lowest BCUT2D eigenvalue weighted by Crippen LogP contribution is -2.31. The number of fused-ring (bicyclic) bond motifs is 1. The molecule has 1 aliphatic heterocycles. The molecule has 16 heavy (non-hydrogen) atoms. The Balaban J connectivity index is 1.97. The lowest BCUT2D eigenvalue weighted by molar-refractivity contribution is -0.0164. The minimum absolute atomic E-state index is 0.205. The molecule has 1 heterocycles. The lowest BCUT2D eigenvalue weighted by atomic mass is 9.88. The molecule has 0 bridgehead atoms. The van der Waals surface area contributed by atoms with Gasteiger partial charge in [-0.3, -0.25) is 0 Å². The molecule has 0 aromatic heterocycles. The summed E-state index contributed by atoms with van der Waals surface area (Å²) in [5, 5.41) is 0. The Kier molecular flexibility index (Phi) is 2.19. The first-order valence-electron chi connectivity index (χ1n) is 5.82. The van der Waals surface area contributed by atoms with Gasteiger partial charge in [0.2, 0.25) is 0 Å². The molecular formula is C13H17NO2. The Morgan fingerprint density at radius 1 is 1.38 bits per heavy atom. The molecule has 1 unspecified atom stereocenters. The first-order valence-corrected chi connectivity index (χ1v) is 5.82. The molecule has 0 radical (unpaired) electrons. The van der Waals surface area contributed by atoms with Crippen molar-refractivity contribution in [1.82, 2.24) is 0 Å². The molecule has 86 valence electrons. The Labute approximate surface area is 95.5 Å². The summed E-state index contributed by atoms with van der Waals surface area (Å²) in [5.74, 6) is 0.968. The zero-order chi connectivity index (χ0) is 11.2. The number of nitrogens with two attached hydrogens (primary N) is 1. The van der Waals surface area contributed by atoms with Crippen LogP contribution in [-0.4, -0.2) is 12.8 Å². The fourth-order valence-electron chi connectivity index (χ4n) is 2.52. The number of hydrogen-bond acceptors (Lipinski definition) is 3. The Morgan fingerprint density at radius 3 is 2.88 bits per heavy atom. The SMILES string of the molecule is CC(N)C1(c2ccc3c(c2)OCOC3)CC1. The van der Waals surface area contributed by atoms with Crippen LogP contribution in [0.3, 0.4) is 0 Å². The van der Waals surface area contributed by atoms with Gasteiger partial charge in [-0.25, -0.2) is 0 Å². The van der Waals surface area contributed by atoms with E-state index in [1.807, 2.05) is 0 Å². The van der Waals surface area contributed by atoms with Gasteiger partial charge in [0, 0.05) is 17.0 Å². The first kappa shape index (κ1) is 10.1. The van der Waals surface area contributed by atoms with E-state index in [0.29, 0.717) is 13.4 Å². The van der Waals surface area contributed by atoms with Crippen LogP contribution in [0.25, 0.3) is 0 Å². The van der Waals surface area contributed by atoms with Crippen LogP contribution < -0.4 is 10.5 Å². The van der Waals surface area contributed by atoms with E-state index in [-0.39, 0.29) is 11.5 Å². The quantitative estimate of drug-likeness (QED) is 0.826. The zero-order valence-electron chi connectivity index (χ0n) is 9.53. The van der Waals surface area contributed by atoms with Crippen LogP contribution in [0.1, 0.15) is 30.9 Å². The summed E-state index contributed by atoms with van der Waals surface area (Å²) in [6, 6.07) is 6.64. The van der Waals surface area contributed by atoms with Crippen molar-refractivity contribution in [2.24, 2.45) is 5.73 Å². The van der Waals surface area contributed by atoms with Crippen molar-refractivity contribution < 1.29 is 9.47 Å². The normalized spacial score (nSPS) is 23.1. The van der Waals surface area contributed by atoms with Crippen molar-refractivity contribution in [2.45, 2.75) is 37.8 Å². The molecule has 2 N–H and O–H groups in total. The summed E-state index contributed by atoms with van der Waals surface area (Å²) >= 11 is 0. The second kappa shape index (κ2) is 3.47. The molecule has 1 aromatic rings. The van der Waals surface area contributed by atoms with Crippen LogP contribution in [0.4, 0.5) is 0 Å². The summed E-state index contributed by atoms with van der Waals surface area (Å²) in [7, 11) is 0. The van der Waals surface area contributed by atoms with E-state index in [9.17, 15) is 0 Å². The summed E-state index contributed by atoms with van der Waals surface area (Å²) in [4.78, 5) is 0. The minimum Gasteiger partial charge on any atom is -0.467 e. The summed E-state index contributed by atoms with van der Waals surface area (Å²) < 4.78 is 10.7. The summed E-state index contributed by atoms with van der Waals surface area (Å²) in [6.45, 7) is 3.11. The Morgan fingerprint density at radius 2 is 2.19 bits per heavy atom. The molecule has 1 aromatic carbocycles. The van der Waals surface area contributed by atoms with Crippen LogP contribution in [0.2, 0.25) is 0 Å². The van der Waals surface area contributed by atoms with E-state index < -0.39 is 0 Å². The lowest BCUT2D eigenvalue weighted by Gasteiger charge is -2.23. The molecule has 1 fully saturated rings. The van der Waals surface area contributed by atoms with Crippen LogP contribution >= 0.6 is 0 Å². The summed E-state index contributed by atoms with van der Waals surface area (Å²) in [5.41, 5.74) is 8.74. The van der Waals surface area contributed by atoms with Crippen molar-refractivity contribution in [3.8, 4) is 5.75 Å². The molecule has 3 rings (SSSR count). The minimum atomic E-state index is 0.205. The van der Waals surface area contributed by atoms with Gasteiger partial charge < -0.3 is 15.2 Å². The maximum absolute atomic E-state index is 6.08. The first-order chi connectivity index (χ1) is 7.72. The highest BCUT2D eigenvalue weighted by atomic mass is 16.7. The average molecular weight is 219 g/mol. The fraction of sp³-hybridized carbons (Fsp3) is 0.538. The predicted molar refractivity (Wildman–Crippen MR) is 61.3 cm³/mol. The highest BCUT2D eigenvalue weighted by Crippen LogP contribution is 2.51. The van der Waals surface area contributed by atoms with E-state index in [0.717, 1.165) is 11.3 Å². The molecule has 0 amide bonds. The molecule has 1 saturated carbocycles. The maximum Gasteiger partial charge on any atom is 0.189 e. The topological polar surface area (TPSA) is 44.5 Å². The second-order valence-electron chi connectivity index (χ2n) is 4.88. The van der Waals surface area contributed by atoms with Crippen molar-refractivity contribution in [3.05, 3.63) is 29.3 Å². The standard InChI is InChI=1S/C13H17NO2/c1-9(14)13(4-5-13)11-3-2-10-7-15-8-16-12(10)6-11/h2-3,6,9H,4-5,7-8,14H2,1H3. The van der Waals surface area contributed by atoms with Gasteiger partial charge in [-0.05, 0) is 31.4 Å². The number of benzene rings is 1. The van der Waals surface area contributed by atoms with Crippen molar-refractivity contribution >= 4 is 0 Å². The second-order valence-corrected chi connectivity index (χ2v) is 4.88. The van der Waals surface area contributed by atoms with Gasteiger partial charge in [0.1, 0.15) is 5.75 Å². The molecule has 1 atom stereocenters. The third kappa shape index (κ3) is 1.43. The number of rotatable bonds is 2. The molecule has 2 aliphatic rings. The van der Waals surface area contributed by atoms with Gasteiger partial charge in [-0.15, -0.1) is 0 Å². The smallest absolute Gasteiger partial charge is 0.189 e. The monoisotopic (exact) mass is 219 g/mol. The fourth-order valence-corrected chi connectivity index (χ4v) is 2.52. The van der Waals surface area contributed by atoms with Crippen molar-refractivity contribution in [3.63, 3.8) is 0 Å². The van der Waals surface area contributed by atoms with Crippen LogP contribution in [0.15, 0.2) is 18.2 Å². The van der Waals surface area contributed by atoms with Crippen molar-refractivity contribution in [2.75, 3.05) is 6.79 Å². The molecule has 1 aliphatic carbocycles. The van der Waals surface area contributed by atoms with Crippen LogP contribution in [0.5, 0.6) is 5.75 Å². The van der Waals surface area contributed by atoms with Gasteiger partial charge in [-0.1, -0.05) is 12.1 Å². The number of ether oxygens (including phenoxy) is 2. The van der Waals surface area contributed by atoms with Gasteiger partial charge in [0.25, 0.3) is 0 Å². The Bertz CT molecular complexity index is 410. The van der Waals surface area contributed by atoms with Crippen LogP contribution in [-0.2, 0) is 16.8 Å². The predicted octanol–water partition coefficient (Wildman–Crippen LogP) is 1.93. The largest absolute Gasteiger partial charge is 0.467 e. The highest BCUT2D eigenvalue weighted by Gasteiger charge is 2.47. The highest BCUT2D eigenvalue weighted by molar-refractivity contribution is 5.44. The van der Waals surface area contributed by atoms with Crippen molar-refractivity contribution in [1.29, 1.82) is 0 Å². The molecule has 3 heteroatoms. The third-order valence-electron chi connectivity index (χ3n) is 3.86. The van der Waals surface area contributed by atoms with E-state index in [1.165, 1.54) is 18.4 Å². The summed E-state index contributed by atoms with van der Waals surface area (Å²) in [6.07, 6.45) is 2.39. The van der Waals surface area contributed by atoms with Gasteiger partial charge in [0.05, 0.1) is 6.61 Å². The average Bonchev–Trinajstić information content (AvgIpc) is 3.09. The molecular weight excluding hydrogens is 202 g/mol. The van der Waals surface area contributed by atoms with Gasteiger partial charge >= 0.3 is 0 Å². The van der Waals surface area contributed by atoms with E-state index in [4.69, 9.17) is 15.2 Å². The van der Waals surface area contributed by atoms with E-state index in [2.05, 4.69) is 25.1 Å². The maximum atomic E-state index is 6.08. The van der Waals surface area contributed by atoms with Crippen LogP contribution in [0, 0.1) is 0 Å². The van der Waals surface area contributed by atoms with E-state index in [1.54, 1.807) is 0 Å². The molecule has 3 nitrogen and oxygen atoms in total. The van der Waals surface area contributed by atoms with E-state index >= 15 is 0 Å². The third-order valence-corrected chi connectivity index (χ3v) is 3.86. The van der Waals surface area contributed by atoms with Gasteiger partial charge in [0.15, 0.2) is 6.79 Å². The zero-order valence-corrected chi connectivity index (χ0v) is 9.53.